The van der Waals surface area contributed by atoms with Crippen LogP contribution in [0.15, 0.2) is 29.0 Å². The molecule has 0 radical (unpaired) electrons. The fourth-order valence-corrected chi connectivity index (χ4v) is 2.62. The van der Waals surface area contributed by atoms with Crippen molar-refractivity contribution in [2.75, 3.05) is 0 Å². The summed E-state index contributed by atoms with van der Waals surface area (Å²) in [5.74, 6) is 1.17. The zero-order valence-corrected chi connectivity index (χ0v) is 11.3. The highest BCUT2D eigenvalue weighted by Gasteiger charge is 2.17. The van der Waals surface area contributed by atoms with Crippen LogP contribution in [0.3, 0.4) is 0 Å². The Labute approximate surface area is 117 Å². The Morgan fingerprint density at radius 1 is 1.45 bits per heavy atom. The van der Waals surface area contributed by atoms with E-state index in [-0.39, 0.29) is 5.91 Å². The highest BCUT2D eigenvalue weighted by atomic mass is 16.3. The second-order valence-corrected chi connectivity index (χ2v) is 5.24. The fourth-order valence-electron chi connectivity index (χ4n) is 2.62. The first-order valence-electron chi connectivity index (χ1n) is 7.02. The number of furan rings is 1. The summed E-state index contributed by atoms with van der Waals surface area (Å²) in [4.78, 5) is 11.9. The molecule has 1 amide bonds. The van der Waals surface area contributed by atoms with Crippen LogP contribution in [0.25, 0.3) is 0 Å². The largest absolute Gasteiger partial charge is 0.467 e. The summed E-state index contributed by atoms with van der Waals surface area (Å²) >= 11 is 0. The predicted molar refractivity (Wildman–Crippen MR) is 71.9 cm³/mol. The number of hydrogen-bond acceptors (Lipinski definition) is 4. The molecule has 2 aromatic rings. The normalized spacial score (nSPS) is 15.6. The van der Waals surface area contributed by atoms with E-state index in [1.807, 2.05) is 6.07 Å². The SMILES string of the molecule is O=C(NCc1ccco1)c1cn(CC2CCCC2)nn1. The number of rotatable bonds is 5. The highest BCUT2D eigenvalue weighted by molar-refractivity contribution is 5.91. The molecule has 3 rings (SSSR count). The maximum atomic E-state index is 11.9. The van der Waals surface area contributed by atoms with Gasteiger partial charge in [-0.15, -0.1) is 5.10 Å². The third-order valence-corrected chi connectivity index (χ3v) is 3.69. The van der Waals surface area contributed by atoms with Gasteiger partial charge in [0, 0.05) is 6.54 Å². The smallest absolute Gasteiger partial charge is 0.273 e. The molecule has 6 nitrogen and oxygen atoms in total. The van der Waals surface area contributed by atoms with Crippen LogP contribution in [0.4, 0.5) is 0 Å². The summed E-state index contributed by atoms with van der Waals surface area (Å²) in [5, 5.41) is 10.7. The fraction of sp³-hybridized carbons (Fsp3) is 0.500. The summed E-state index contributed by atoms with van der Waals surface area (Å²) in [6.07, 6.45) is 8.40. The van der Waals surface area contributed by atoms with Gasteiger partial charge in [-0.3, -0.25) is 9.48 Å². The van der Waals surface area contributed by atoms with E-state index in [4.69, 9.17) is 4.42 Å². The minimum atomic E-state index is -0.223. The van der Waals surface area contributed by atoms with Gasteiger partial charge in [-0.25, -0.2) is 0 Å². The van der Waals surface area contributed by atoms with Crippen molar-refractivity contribution >= 4 is 5.91 Å². The molecule has 106 valence electrons. The summed E-state index contributed by atoms with van der Waals surface area (Å²) in [6, 6.07) is 3.61. The first-order valence-corrected chi connectivity index (χ1v) is 7.02. The molecule has 1 fully saturated rings. The second kappa shape index (κ2) is 5.90. The van der Waals surface area contributed by atoms with Crippen LogP contribution in [-0.4, -0.2) is 20.9 Å². The lowest BCUT2D eigenvalue weighted by Gasteiger charge is -2.06. The Morgan fingerprint density at radius 2 is 2.30 bits per heavy atom. The minimum Gasteiger partial charge on any atom is -0.467 e. The van der Waals surface area contributed by atoms with E-state index in [1.54, 1.807) is 23.2 Å². The van der Waals surface area contributed by atoms with Crippen LogP contribution in [0.1, 0.15) is 41.9 Å². The number of carbonyl (C=O) groups is 1. The van der Waals surface area contributed by atoms with Gasteiger partial charge in [-0.1, -0.05) is 18.1 Å². The number of aromatic nitrogens is 3. The number of nitrogens with one attached hydrogen (secondary N) is 1. The molecule has 0 aliphatic heterocycles. The molecule has 2 aromatic heterocycles. The molecular formula is C14H18N4O2. The van der Waals surface area contributed by atoms with Crippen molar-refractivity contribution in [3.05, 3.63) is 36.0 Å². The molecule has 0 atom stereocenters. The molecule has 0 saturated heterocycles. The molecule has 0 unspecified atom stereocenters. The van der Waals surface area contributed by atoms with Gasteiger partial charge in [0.15, 0.2) is 5.69 Å². The number of carbonyl (C=O) groups excluding carboxylic acids is 1. The van der Waals surface area contributed by atoms with E-state index in [2.05, 4.69) is 15.6 Å². The van der Waals surface area contributed by atoms with Crippen LogP contribution in [0.5, 0.6) is 0 Å². The molecule has 1 N–H and O–H groups in total. The van der Waals surface area contributed by atoms with E-state index >= 15 is 0 Å². The predicted octanol–water partition coefficient (Wildman–Crippen LogP) is 1.99. The Morgan fingerprint density at radius 3 is 3.05 bits per heavy atom. The average Bonchev–Trinajstić information content (AvgIpc) is 3.19. The first kappa shape index (κ1) is 12.9. The number of nitrogens with zero attached hydrogens (tertiary/aromatic N) is 3. The van der Waals surface area contributed by atoms with Gasteiger partial charge >= 0.3 is 0 Å². The minimum absolute atomic E-state index is 0.223. The summed E-state index contributed by atoms with van der Waals surface area (Å²) in [5.41, 5.74) is 0.356. The van der Waals surface area contributed by atoms with Crippen LogP contribution in [0.2, 0.25) is 0 Å². The lowest BCUT2D eigenvalue weighted by atomic mass is 10.1. The quantitative estimate of drug-likeness (QED) is 0.905. The molecular weight excluding hydrogens is 256 g/mol. The van der Waals surface area contributed by atoms with Crippen molar-refractivity contribution in [2.24, 2.45) is 5.92 Å². The molecule has 1 saturated carbocycles. The van der Waals surface area contributed by atoms with Crippen molar-refractivity contribution in [3.8, 4) is 0 Å². The van der Waals surface area contributed by atoms with Gasteiger partial charge in [-0.05, 0) is 30.9 Å². The number of amides is 1. The molecule has 2 heterocycles. The Kier molecular flexibility index (Phi) is 3.80. The maximum absolute atomic E-state index is 11.9. The van der Waals surface area contributed by atoms with E-state index in [1.165, 1.54) is 25.7 Å². The van der Waals surface area contributed by atoms with E-state index in [0.29, 0.717) is 18.2 Å². The summed E-state index contributed by atoms with van der Waals surface area (Å²) < 4.78 is 6.93. The molecule has 0 aromatic carbocycles. The van der Waals surface area contributed by atoms with Crippen molar-refractivity contribution in [1.82, 2.24) is 20.3 Å². The zero-order chi connectivity index (χ0) is 13.8. The van der Waals surface area contributed by atoms with Crippen molar-refractivity contribution in [2.45, 2.75) is 38.8 Å². The van der Waals surface area contributed by atoms with Crippen molar-refractivity contribution in [1.29, 1.82) is 0 Å². The monoisotopic (exact) mass is 274 g/mol. The van der Waals surface area contributed by atoms with E-state index < -0.39 is 0 Å². The molecule has 0 spiro atoms. The molecule has 0 bridgehead atoms. The van der Waals surface area contributed by atoms with Crippen molar-refractivity contribution < 1.29 is 9.21 Å². The standard InChI is InChI=1S/C14H18N4O2/c19-14(15-8-12-6-3-7-20-12)13-10-18(17-16-13)9-11-4-1-2-5-11/h3,6-7,10-11H,1-2,4-5,8-9H2,(H,15,19). The van der Waals surface area contributed by atoms with Gasteiger partial charge in [0.25, 0.3) is 5.91 Å². The van der Waals surface area contributed by atoms with E-state index in [9.17, 15) is 4.79 Å². The second-order valence-electron chi connectivity index (χ2n) is 5.24. The number of hydrogen-bond donors (Lipinski definition) is 1. The maximum Gasteiger partial charge on any atom is 0.273 e. The lowest BCUT2D eigenvalue weighted by Crippen LogP contribution is -2.22. The molecule has 1 aliphatic carbocycles. The summed E-state index contributed by atoms with van der Waals surface area (Å²) in [7, 11) is 0. The highest BCUT2D eigenvalue weighted by Crippen LogP contribution is 2.25. The van der Waals surface area contributed by atoms with Gasteiger partial charge < -0.3 is 9.73 Å². The van der Waals surface area contributed by atoms with Crippen LogP contribution >= 0.6 is 0 Å². The van der Waals surface area contributed by atoms with E-state index in [0.717, 1.165) is 12.3 Å². The Hall–Kier alpha value is -2.11. The molecule has 20 heavy (non-hydrogen) atoms. The van der Waals surface area contributed by atoms with Crippen LogP contribution in [-0.2, 0) is 13.1 Å². The van der Waals surface area contributed by atoms with Crippen LogP contribution in [0, 0.1) is 5.92 Å². The summed E-state index contributed by atoms with van der Waals surface area (Å²) in [6.45, 7) is 1.22. The Balaban J connectivity index is 1.54. The van der Waals surface area contributed by atoms with Gasteiger partial charge in [0.2, 0.25) is 0 Å². The third-order valence-electron chi connectivity index (χ3n) is 3.69. The van der Waals surface area contributed by atoms with Crippen molar-refractivity contribution in [3.63, 3.8) is 0 Å². The topological polar surface area (TPSA) is 73.0 Å². The average molecular weight is 274 g/mol. The first-order chi connectivity index (χ1) is 9.81. The molecule has 6 heteroatoms. The third kappa shape index (κ3) is 3.07. The zero-order valence-electron chi connectivity index (χ0n) is 11.3. The molecule has 1 aliphatic rings. The van der Waals surface area contributed by atoms with Gasteiger partial charge in [0.1, 0.15) is 5.76 Å². The van der Waals surface area contributed by atoms with Crippen LogP contribution < -0.4 is 5.32 Å². The Bertz CT molecular complexity index is 556. The lowest BCUT2D eigenvalue weighted by molar-refractivity contribution is 0.0943. The van der Waals surface area contributed by atoms with Gasteiger partial charge in [0.05, 0.1) is 19.0 Å². The van der Waals surface area contributed by atoms with Gasteiger partial charge in [-0.2, -0.15) is 0 Å².